The van der Waals surface area contributed by atoms with Crippen molar-refractivity contribution >= 4 is 32.2 Å². The zero-order valence-corrected chi connectivity index (χ0v) is 22.4. The highest BCUT2D eigenvalue weighted by Gasteiger charge is 2.46. The Labute approximate surface area is 230 Å². The average molecular weight is 651 g/mol. The minimum Gasteiger partial charge on any atom is -0.387 e. The summed E-state index contributed by atoms with van der Waals surface area (Å²) < 4.78 is 113. The summed E-state index contributed by atoms with van der Waals surface area (Å²) in [7, 11) is -9.73. The summed E-state index contributed by atoms with van der Waals surface area (Å²) in [6.07, 6.45) is -14.3. The van der Waals surface area contributed by atoms with Crippen LogP contribution in [0.1, 0.15) is 22.9 Å². The molecule has 2 aromatic heterocycles. The number of benzene rings is 1. The second kappa shape index (κ2) is 11.4. The van der Waals surface area contributed by atoms with Crippen molar-refractivity contribution in [3.63, 3.8) is 0 Å². The van der Waals surface area contributed by atoms with Crippen molar-refractivity contribution in [1.82, 2.24) is 19.5 Å². The van der Waals surface area contributed by atoms with Gasteiger partial charge in [0.15, 0.2) is 29.1 Å². The van der Waals surface area contributed by atoms with Gasteiger partial charge in [0.25, 0.3) is 0 Å². The fourth-order valence-electron chi connectivity index (χ4n) is 4.03. The molecule has 42 heavy (non-hydrogen) atoms. The number of hydrogen-bond acceptors (Lipinski definition) is 10. The minimum atomic E-state index is -5.04. The molecule has 22 heteroatoms. The third kappa shape index (κ3) is 7.45. The fourth-order valence-corrected chi connectivity index (χ4v) is 6.60. The van der Waals surface area contributed by atoms with E-state index in [-0.39, 0.29) is 28.6 Å². The largest absolute Gasteiger partial charge is 0.416 e. The minimum absolute atomic E-state index is 0.00922. The monoisotopic (exact) mass is 651 g/mol. The quantitative estimate of drug-likeness (QED) is 0.145. The van der Waals surface area contributed by atoms with Gasteiger partial charge in [-0.3, -0.25) is 13.7 Å². The molecule has 3 heterocycles. The summed E-state index contributed by atoms with van der Waals surface area (Å²) in [6, 6.07) is 1.07. The van der Waals surface area contributed by atoms with Gasteiger partial charge in [-0.05, 0) is 23.8 Å². The molecule has 6 N–H and O–H groups in total. The van der Waals surface area contributed by atoms with Gasteiger partial charge in [0.05, 0.1) is 24.1 Å². The Morgan fingerprint density at radius 3 is 2.14 bits per heavy atom. The van der Waals surface area contributed by atoms with Crippen LogP contribution in [0, 0.1) is 0 Å². The number of aliphatic hydroxyl groups is 2. The number of ether oxygens (including phenoxy) is 1. The second-order valence-corrected chi connectivity index (χ2v) is 13.1. The topological polar surface area (TPSA) is 209 Å². The molecule has 1 fully saturated rings. The molecule has 0 aliphatic carbocycles. The predicted molar refractivity (Wildman–Crippen MR) is 128 cm³/mol. The average Bonchev–Trinajstić information content (AvgIpc) is 3.40. The Morgan fingerprint density at radius 2 is 1.57 bits per heavy atom. The van der Waals surface area contributed by atoms with Crippen molar-refractivity contribution in [1.29, 1.82) is 0 Å². The molecule has 0 bridgehead atoms. The van der Waals surface area contributed by atoms with E-state index < -0.39 is 82.3 Å². The number of imidazole rings is 1. The number of fused-ring (bicyclic) bond motifs is 1. The maximum atomic E-state index is 13.2. The molecule has 0 amide bonds. The third-order valence-corrected chi connectivity index (χ3v) is 9.34. The number of anilines is 1. The molecule has 14 nitrogen and oxygen atoms in total. The van der Waals surface area contributed by atoms with Crippen LogP contribution in [0.15, 0.2) is 30.9 Å². The normalized spacial score (nSPS) is 23.3. The van der Waals surface area contributed by atoms with Crippen molar-refractivity contribution in [2.45, 2.75) is 43.4 Å². The molecule has 1 aromatic carbocycles. The highest BCUT2D eigenvalue weighted by atomic mass is 31.2. The predicted octanol–water partition coefficient (Wildman–Crippen LogP) is 2.43. The number of halogens is 6. The summed E-state index contributed by atoms with van der Waals surface area (Å²) in [5.41, 5.74) is -3.49. The van der Waals surface area contributed by atoms with E-state index in [1.54, 1.807) is 0 Å². The Kier molecular flexibility index (Phi) is 8.78. The zero-order chi connectivity index (χ0) is 31.3. The van der Waals surface area contributed by atoms with Gasteiger partial charge < -0.3 is 39.5 Å². The van der Waals surface area contributed by atoms with Gasteiger partial charge in [-0.2, -0.15) is 26.3 Å². The van der Waals surface area contributed by atoms with Crippen molar-refractivity contribution in [2.24, 2.45) is 0 Å². The fraction of sp³-hybridized carbons (Fsp3) is 0.450. The summed E-state index contributed by atoms with van der Waals surface area (Å²) in [6.45, 7) is -1.39. The lowest BCUT2D eigenvalue weighted by molar-refractivity contribution is -0.143. The standard InChI is InChI=1S/C20H21F6N5O9P2/c21-19(22,23)10-1-9(2-11(3-10)20(24,25)26)4-27-16-13-17(29-6-28-16)31(7-30-13)18-15(33)14(32)12(40-18)5-39-42(37,38)8-41(34,35)36/h1-3,6-7,12,14-15,18,32-33H,4-5,8H2,(H,37,38)(H,27,28,29)(H2,34,35,36)/t12-,14-,15-,18-/m1/s1. The summed E-state index contributed by atoms with van der Waals surface area (Å²) >= 11 is 0. The van der Waals surface area contributed by atoms with E-state index in [1.165, 1.54) is 0 Å². The van der Waals surface area contributed by atoms with E-state index in [4.69, 9.17) is 14.5 Å². The highest BCUT2D eigenvalue weighted by Crippen LogP contribution is 2.55. The zero-order valence-electron chi connectivity index (χ0n) is 20.6. The van der Waals surface area contributed by atoms with Crippen LogP contribution < -0.4 is 5.32 Å². The van der Waals surface area contributed by atoms with Gasteiger partial charge in [-0.15, -0.1) is 0 Å². The van der Waals surface area contributed by atoms with Gasteiger partial charge in [0.2, 0.25) is 0 Å². The molecule has 1 aliphatic heterocycles. The van der Waals surface area contributed by atoms with Crippen LogP contribution >= 0.6 is 15.2 Å². The van der Waals surface area contributed by atoms with Crippen LogP contribution in [0.25, 0.3) is 11.2 Å². The van der Waals surface area contributed by atoms with Crippen LogP contribution in [-0.2, 0) is 37.3 Å². The smallest absolute Gasteiger partial charge is 0.387 e. The first kappa shape index (κ1) is 32.2. The van der Waals surface area contributed by atoms with E-state index in [9.17, 15) is 50.6 Å². The highest BCUT2D eigenvalue weighted by molar-refractivity contribution is 7.70. The maximum absolute atomic E-state index is 13.2. The van der Waals surface area contributed by atoms with Crippen LogP contribution in [0.4, 0.5) is 32.2 Å². The molecule has 0 saturated carbocycles. The van der Waals surface area contributed by atoms with Crippen molar-refractivity contribution in [2.75, 3.05) is 17.8 Å². The van der Waals surface area contributed by atoms with Crippen molar-refractivity contribution < 1.29 is 69.6 Å². The Hall–Kier alpha value is -2.67. The van der Waals surface area contributed by atoms with E-state index in [0.717, 1.165) is 17.2 Å². The van der Waals surface area contributed by atoms with Gasteiger partial charge in [-0.1, -0.05) is 0 Å². The van der Waals surface area contributed by atoms with Crippen LogP contribution in [0.2, 0.25) is 0 Å². The first-order valence-electron chi connectivity index (χ1n) is 11.5. The number of alkyl halides is 6. The van der Waals surface area contributed by atoms with E-state index in [1.807, 2.05) is 0 Å². The molecule has 1 unspecified atom stereocenters. The molecule has 4 rings (SSSR count). The second-order valence-electron chi connectivity index (χ2n) is 9.10. The Bertz CT molecular complexity index is 1520. The SMILES string of the molecule is O=P(O)(O)CP(=O)(O)OC[C@H]1O[C@@H](n2cnc3c(NCc4cc(C(F)(F)F)cc(C(F)(F)F)c4)ncnc32)[C@H](O)[C@@H]1O. The molecular weight excluding hydrogens is 630 g/mol. The summed E-state index contributed by atoms with van der Waals surface area (Å²) in [4.78, 5) is 39.3. The molecular formula is C20H21F6N5O9P2. The van der Waals surface area contributed by atoms with Gasteiger partial charge >= 0.3 is 27.5 Å². The molecule has 0 spiro atoms. The van der Waals surface area contributed by atoms with E-state index >= 15 is 0 Å². The van der Waals surface area contributed by atoms with Crippen LogP contribution in [0.3, 0.4) is 0 Å². The summed E-state index contributed by atoms with van der Waals surface area (Å²) in [5.74, 6) is -1.61. The lowest BCUT2D eigenvalue weighted by atomic mass is 10.0. The van der Waals surface area contributed by atoms with Crippen molar-refractivity contribution in [3.05, 3.63) is 47.5 Å². The number of rotatable bonds is 9. The lowest BCUT2D eigenvalue weighted by Crippen LogP contribution is -2.33. The number of nitrogens with one attached hydrogen (secondary N) is 1. The van der Waals surface area contributed by atoms with Crippen LogP contribution in [-0.4, -0.2) is 75.2 Å². The maximum Gasteiger partial charge on any atom is 0.416 e. The Morgan fingerprint density at radius 1 is 0.952 bits per heavy atom. The summed E-state index contributed by atoms with van der Waals surface area (Å²) in [5, 5.41) is 23.4. The number of aliphatic hydroxyl groups excluding tert-OH is 2. The first-order valence-corrected chi connectivity index (χ1v) is 15.0. The number of aromatic nitrogens is 4. The third-order valence-electron chi connectivity index (χ3n) is 5.88. The lowest BCUT2D eigenvalue weighted by Gasteiger charge is -2.18. The van der Waals surface area contributed by atoms with Gasteiger partial charge in [0, 0.05) is 6.54 Å². The van der Waals surface area contributed by atoms with Gasteiger partial charge in [0.1, 0.15) is 24.6 Å². The van der Waals surface area contributed by atoms with E-state index in [0.29, 0.717) is 12.1 Å². The molecule has 0 radical (unpaired) electrons. The number of hydrogen-bond donors (Lipinski definition) is 6. The molecule has 5 atom stereocenters. The van der Waals surface area contributed by atoms with Gasteiger partial charge in [-0.25, -0.2) is 15.0 Å². The molecule has 1 saturated heterocycles. The molecule has 1 aliphatic rings. The molecule has 232 valence electrons. The number of nitrogens with zero attached hydrogens (tertiary/aromatic N) is 4. The van der Waals surface area contributed by atoms with Crippen LogP contribution in [0.5, 0.6) is 0 Å². The Balaban J connectivity index is 1.53. The van der Waals surface area contributed by atoms with Crippen molar-refractivity contribution in [3.8, 4) is 0 Å². The molecule has 3 aromatic rings. The first-order chi connectivity index (χ1) is 19.2. The van der Waals surface area contributed by atoms with E-state index in [2.05, 4.69) is 24.8 Å².